The highest BCUT2D eigenvalue weighted by molar-refractivity contribution is 5.74. The summed E-state index contributed by atoms with van der Waals surface area (Å²) in [5, 5.41) is 15.7. The normalized spacial score (nSPS) is 21.8. The number of anilines is 2. The zero-order valence-electron chi connectivity index (χ0n) is 18.0. The molecule has 1 unspecified atom stereocenters. The summed E-state index contributed by atoms with van der Waals surface area (Å²) < 4.78 is 5.97. The molecule has 5 heteroatoms. The Morgan fingerprint density at radius 3 is 2.38 bits per heavy atom. The van der Waals surface area contributed by atoms with E-state index >= 15 is 0 Å². The number of carboxylic acid groups (broad SMARTS) is 1. The molecule has 164 valence electrons. The number of rotatable bonds is 6. The molecule has 1 saturated carbocycles. The highest BCUT2D eigenvalue weighted by atomic mass is 16.5. The fourth-order valence-corrected chi connectivity index (χ4v) is 4.87. The lowest BCUT2D eigenvalue weighted by Crippen LogP contribution is -2.29. The van der Waals surface area contributed by atoms with Crippen LogP contribution in [0.15, 0.2) is 72.8 Å². The second kappa shape index (κ2) is 8.95. The third kappa shape index (κ3) is 4.57. The maximum absolute atomic E-state index is 10.9. The molecule has 0 bridgehead atoms. The van der Waals surface area contributed by atoms with Gasteiger partial charge in [0.1, 0.15) is 5.75 Å². The number of carboxylic acids is 1. The first-order chi connectivity index (χ1) is 15.6. The fraction of sp³-hybridized carbons (Fsp3) is 0.296. The second-order valence-electron chi connectivity index (χ2n) is 8.80. The van der Waals surface area contributed by atoms with Crippen LogP contribution in [0.5, 0.6) is 5.75 Å². The minimum absolute atomic E-state index is 0.290. The van der Waals surface area contributed by atoms with Crippen molar-refractivity contribution in [1.82, 2.24) is 0 Å². The van der Waals surface area contributed by atoms with Gasteiger partial charge in [-0.2, -0.15) is 0 Å². The third-order valence-corrected chi connectivity index (χ3v) is 6.61. The number of fused-ring (bicyclic) bond motifs is 1. The van der Waals surface area contributed by atoms with Crippen LogP contribution in [0.3, 0.4) is 0 Å². The average Bonchev–Trinajstić information content (AvgIpc) is 3.21. The topological polar surface area (TPSA) is 70.6 Å². The Labute approximate surface area is 188 Å². The van der Waals surface area contributed by atoms with Gasteiger partial charge in [-0.1, -0.05) is 48.5 Å². The van der Waals surface area contributed by atoms with Gasteiger partial charge in [0, 0.05) is 12.1 Å². The van der Waals surface area contributed by atoms with Crippen LogP contribution in [-0.2, 0) is 4.79 Å². The number of hydrogen-bond acceptors (Lipinski definition) is 4. The molecular formula is C27H28N2O3. The number of benzene rings is 3. The molecule has 1 fully saturated rings. The van der Waals surface area contributed by atoms with E-state index in [1.807, 2.05) is 36.4 Å². The van der Waals surface area contributed by atoms with Crippen molar-refractivity contribution in [3.8, 4) is 16.9 Å². The van der Waals surface area contributed by atoms with E-state index in [0.29, 0.717) is 18.3 Å². The molecule has 5 nitrogen and oxygen atoms in total. The Morgan fingerprint density at radius 1 is 0.938 bits per heavy atom. The van der Waals surface area contributed by atoms with E-state index in [1.165, 1.54) is 11.1 Å². The molecule has 0 amide bonds. The van der Waals surface area contributed by atoms with Crippen molar-refractivity contribution in [2.45, 2.75) is 44.4 Å². The monoisotopic (exact) mass is 428 g/mol. The van der Waals surface area contributed by atoms with E-state index in [1.54, 1.807) is 0 Å². The van der Waals surface area contributed by atoms with Gasteiger partial charge < -0.3 is 20.5 Å². The first-order valence-electron chi connectivity index (χ1n) is 11.3. The molecule has 3 aromatic rings. The highest BCUT2D eigenvalue weighted by Crippen LogP contribution is 2.39. The molecule has 0 spiro atoms. The van der Waals surface area contributed by atoms with Crippen molar-refractivity contribution in [3.05, 3.63) is 78.4 Å². The van der Waals surface area contributed by atoms with Gasteiger partial charge in [-0.25, -0.2) is 0 Å². The van der Waals surface area contributed by atoms with Crippen molar-refractivity contribution in [3.63, 3.8) is 0 Å². The smallest absolute Gasteiger partial charge is 0.303 e. The summed E-state index contributed by atoms with van der Waals surface area (Å²) in [7, 11) is 0. The van der Waals surface area contributed by atoms with E-state index in [0.717, 1.165) is 48.4 Å². The van der Waals surface area contributed by atoms with Gasteiger partial charge >= 0.3 is 5.97 Å². The third-order valence-electron chi connectivity index (χ3n) is 6.61. The SMILES string of the molecule is O=C(O)CC1CCC(c2ccc(-c3ccc4c(c3)NC(Nc3ccccc3)O4)cc2)CC1. The summed E-state index contributed by atoms with van der Waals surface area (Å²) in [5.74, 6) is 1.05. The predicted octanol–water partition coefficient (Wildman–Crippen LogP) is 6.30. The largest absolute Gasteiger partial charge is 0.481 e. The lowest BCUT2D eigenvalue weighted by Gasteiger charge is -2.28. The van der Waals surface area contributed by atoms with E-state index in [9.17, 15) is 4.79 Å². The quantitative estimate of drug-likeness (QED) is 0.430. The average molecular weight is 429 g/mol. The van der Waals surface area contributed by atoms with E-state index in [-0.39, 0.29) is 6.35 Å². The summed E-state index contributed by atoms with van der Waals surface area (Å²) >= 11 is 0. The molecule has 1 atom stereocenters. The molecular weight excluding hydrogens is 400 g/mol. The Bertz CT molecular complexity index is 1070. The Kier molecular flexibility index (Phi) is 5.71. The van der Waals surface area contributed by atoms with Gasteiger partial charge in [0.05, 0.1) is 5.69 Å². The molecule has 0 aromatic heterocycles. The van der Waals surface area contributed by atoms with Gasteiger partial charge in [0.25, 0.3) is 0 Å². The number of nitrogens with one attached hydrogen (secondary N) is 2. The second-order valence-corrected chi connectivity index (χ2v) is 8.80. The van der Waals surface area contributed by atoms with Gasteiger partial charge in [-0.05, 0) is 78.5 Å². The van der Waals surface area contributed by atoms with E-state index in [2.05, 4.69) is 47.0 Å². The van der Waals surface area contributed by atoms with Crippen molar-refractivity contribution < 1.29 is 14.6 Å². The van der Waals surface area contributed by atoms with Crippen molar-refractivity contribution in [2.24, 2.45) is 5.92 Å². The zero-order valence-corrected chi connectivity index (χ0v) is 18.0. The van der Waals surface area contributed by atoms with Crippen LogP contribution in [0.1, 0.15) is 43.6 Å². The maximum atomic E-state index is 10.9. The lowest BCUT2D eigenvalue weighted by atomic mass is 9.77. The molecule has 3 N–H and O–H groups in total. The molecule has 1 aliphatic heterocycles. The zero-order chi connectivity index (χ0) is 21.9. The number of para-hydroxylation sites is 1. The van der Waals surface area contributed by atoms with Crippen LogP contribution in [0.2, 0.25) is 0 Å². The van der Waals surface area contributed by atoms with Crippen molar-refractivity contribution >= 4 is 17.3 Å². The summed E-state index contributed by atoms with van der Waals surface area (Å²) in [5.41, 5.74) is 5.67. The standard InChI is InChI=1S/C27H28N2O3/c30-26(31)16-18-6-8-19(9-7-18)20-10-12-21(13-11-20)22-14-15-25-24(17-22)29-27(32-25)28-23-4-2-1-3-5-23/h1-5,10-15,17-19,27-29H,6-9,16H2,(H,30,31). The maximum Gasteiger partial charge on any atom is 0.303 e. The first-order valence-corrected chi connectivity index (χ1v) is 11.3. The summed E-state index contributed by atoms with van der Waals surface area (Å²) in [4.78, 5) is 10.9. The van der Waals surface area contributed by atoms with Crippen molar-refractivity contribution in [2.75, 3.05) is 10.6 Å². The number of hydrogen-bond donors (Lipinski definition) is 3. The van der Waals surface area contributed by atoms with E-state index in [4.69, 9.17) is 9.84 Å². The number of ether oxygens (including phenoxy) is 1. The Balaban J connectivity index is 1.22. The number of aliphatic carboxylic acids is 1. The molecule has 3 aromatic carbocycles. The first kappa shape index (κ1) is 20.4. The van der Waals surface area contributed by atoms with Crippen LogP contribution in [0.4, 0.5) is 11.4 Å². The summed E-state index contributed by atoms with van der Waals surface area (Å²) in [6.07, 6.45) is 4.19. The van der Waals surface area contributed by atoms with Crippen LogP contribution >= 0.6 is 0 Å². The van der Waals surface area contributed by atoms with E-state index < -0.39 is 5.97 Å². The predicted molar refractivity (Wildman–Crippen MR) is 127 cm³/mol. The van der Waals surface area contributed by atoms with Crippen LogP contribution in [0.25, 0.3) is 11.1 Å². The van der Waals surface area contributed by atoms with Gasteiger partial charge in [-0.15, -0.1) is 0 Å². The van der Waals surface area contributed by atoms with Gasteiger partial charge in [0.2, 0.25) is 6.35 Å². The van der Waals surface area contributed by atoms with Gasteiger partial charge in [0.15, 0.2) is 0 Å². The molecule has 2 aliphatic rings. The highest BCUT2D eigenvalue weighted by Gasteiger charge is 2.24. The number of carbonyl (C=O) groups is 1. The van der Waals surface area contributed by atoms with Crippen molar-refractivity contribution in [1.29, 1.82) is 0 Å². The Morgan fingerprint density at radius 2 is 1.66 bits per heavy atom. The molecule has 0 radical (unpaired) electrons. The minimum Gasteiger partial charge on any atom is -0.481 e. The molecule has 5 rings (SSSR count). The summed E-state index contributed by atoms with van der Waals surface area (Å²) in [6.45, 7) is 0. The molecule has 0 saturated heterocycles. The summed E-state index contributed by atoms with van der Waals surface area (Å²) in [6, 6.07) is 25.1. The minimum atomic E-state index is -0.672. The van der Waals surface area contributed by atoms with Crippen LogP contribution in [0, 0.1) is 5.92 Å². The molecule has 1 aliphatic carbocycles. The van der Waals surface area contributed by atoms with Crippen LogP contribution < -0.4 is 15.4 Å². The Hall–Kier alpha value is -3.47. The van der Waals surface area contributed by atoms with Crippen LogP contribution in [-0.4, -0.2) is 17.4 Å². The molecule has 32 heavy (non-hydrogen) atoms. The fourth-order valence-electron chi connectivity index (χ4n) is 4.87. The lowest BCUT2D eigenvalue weighted by molar-refractivity contribution is -0.138. The van der Waals surface area contributed by atoms with Gasteiger partial charge in [-0.3, -0.25) is 4.79 Å². The molecule has 1 heterocycles.